The topological polar surface area (TPSA) is 104 Å². The van der Waals surface area contributed by atoms with Gasteiger partial charge in [0, 0.05) is 12.1 Å². The third-order valence-corrected chi connectivity index (χ3v) is 5.91. The van der Waals surface area contributed by atoms with Gasteiger partial charge in [0.05, 0.1) is 52.3 Å². The Labute approximate surface area is 217 Å². The Morgan fingerprint density at radius 2 is 1.68 bits per heavy atom. The third kappa shape index (κ3) is 5.99. The second-order valence-electron chi connectivity index (χ2n) is 8.75. The summed E-state index contributed by atoms with van der Waals surface area (Å²) in [4.78, 5) is 27.9. The van der Waals surface area contributed by atoms with E-state index in [9.17, 15) is 14.7 Å². The van der Waals surface area contributed by atoms with Gasteiger partial charge in [-0.25, -0.2) is 0 Å². The largest absolute Gasteiger partial charge is 0.507 e. The van der Waals surface area contributed by atoms with Crippen molar-refractivity contribution < 1.29 is 38.4 Å². The number of carbonyl (C=O) groups excluding carboxylic acids is 2. The van der Waals surface area contributed by atoms with Crippen molar-refractivity contribution >= 4 is 17.4 Å². The summed E-state index contributed by atoms with van der Waals surface area (Å²) in [5.74, 6) is -0.186. The molecule has 1 atom stereocenters. The minimum Gasteiger partial charge on any atom is -0.507 e. The molecule has 9 heteroatoms. The molecule has 1 unspecified atom stereocenters. The zero-order valence-corrected chi connectivity index (χ0v) is 22.2. The lowest BCUT2D eigenvalue weighted by Crippen LogP contribution is -2.33. The Hall–Kier alpha value is -3.72. The van der Waals surface area contributed by atoms with Crippen LogP contribution in [0.4, 0.5) is 0 Å². The number of nitrogens with zero attached hydrogens (tertiary/aromatic N) is 1. The molecule has 1 amide bonds. The molecule has 9 nitrogen and oxygen atoms in total. The van der Waals surface area contributed by atoms with Crippen molar-refractivity contribution in [1.29, 1.82) is 0 Å². The van der Waals surface area contributed by atoms with E-state index in [1.807, 2.05) is 20.8 Å². The number of likely N-dealkylation sites (tertiary alicyclic amines) is 1. The van der Waals surface area contributed by atoms with Crippen LogP contribution in [0.2, 0.25) is 0 Å². The molecule has 0 radical (unpaired) electrons. The van der Waals surface area contributed by atoms with Gasteiger partial charge in [0.15, 0.2) is 11.5 Å². The summed E-state index contributed by atoms with van der Waals surface area (Å²) in [6, 6.07) is 9.23. The predicted molar refractivity (Wildman–Crippen MR) is 138 cm³/mol. The van der Waals surface area contributed by atoms with E-state index in [4.69, 9.17) is 23.7 Å². The number of rotatable bonds is 12. The van der Waals surface area contributed by atoms with Crippen LogP contribution in [-0.4, -0.2) is 68.9 Å². The predicted octanol–water partition coefficient (Wildman–Crippen LogP) is 4.35. The number of ketones is 1. The molecule has 0 bridgehead atoms. The number of aliphatic hydroxyl groups excluding tert-OH is 1. The van der Waals surface area contributed by atoms with E-state index in [2.05, 4.69) is 0 Å². The Morgan fingerprint density at radius 1 is 1.00 bits per heavy atom. The van der Waals surface area contributed by atoms with E-state index in [0.29, 0.717) is 40.7 Å². The van der Waals surface area contributed by atoms with Gasteiger partial charge in [-0.15, -0.1) is 0 Å². The molecule has 1 fully saturated rings. The molecule has 0 spiro atoms. The van der Waals surface area contributed by atoms with E-state index >= 15 is 0 Å². The van der Waals surface area contributed by atoms with Gasteiger partial charge in [-0.3, -0.25) is 9.59 Å². The number of methoxy groups -OCH3 is 3. The van der Waals surface area contributed by atoms with Gasteiger partial charge in [-0.05, 0) is 50.1 Å². The summed E-state index contributed by atoms with van der Waals surface area (Å²) in [6.45, 7) is 6.63. The average molecular weight is 514 g/mol. The molecule has 1 aliphatic heterocycles. The number of ether oxygens (including phenoxy) is 5. The van der Waals surface area contributed by atoms with Crippen LogP contribution in [0.1, 0.15) is 44.4 Å². The maximum atomic E-state index is 13.3. The Balaban J connectivity index is 2.19. The molecule has 37 heavy (non-hydrogen) atoms. The third-order valence-electron chi connectivity index (χ3n) is 5.91. The molecule has 0 aliphatic carbocycles. The highest BCUT2D eigenvalue weighted by molar-refractivity contribution is 6.46. The van der Waals surface area contributed by atoms with Crippen molar-refractivity contribution in [2.24, 2.45) is 0 Å². The van der Waals surface area contributed by atoms with Crippen LogP contribution in [-0.2, 0) is 14.3 Å². The average Bonchev–Trinajstić information content (AvgIpc) is 3.15. The number of hydrogen-bond donors (Lipinski definition) is 1. The van der Waals surface area contributed by atoms with Crippen molar-refractivity contribution in [2.45, 2.75) is 39.3 Å². The Kier molecular flexibility index (Phi) is 9.41. The molecule has 1 saturated heterocycles. The fourth-order valence-electron chi connectivity index (χ4n) is 4.21. The van der Waals surface area contributed by atoms with Crippen molar-refractivity contribution in [2.75, 3.05) is 41.1 Å². The van der Waals surface area contributed by atoms with E-state index in [1.54, 1.807) is 36.4 Å². The highest BCUT2D eigenvalue weighted by atomic mass is 16.5. The smallest absolute Gasteiger partial charge is 0.295 e. The molecule has 0 saturated carbocycles. The maximum absolute atomic E-state index is 13.3. The van der Waals surface area contributed by atoms with E-state index in [0.717, 1.165) is 6.42 Å². The number of Topliss-reactive ketones (excluding diaryl/α,β-unsaturated/α-hetero) is 1. The first-order valence-electron chi connectivity index (χ1n) is 12.2. The summed E-state index contributed by atoms with van der Waals surface area (Å²) in [6.07, 6.45) is 0.767. The van der Waals surface area contributed by atoms with Gasteiger partial charge in [0.2, 0.25) is 5.75 Å². The standard InChI is InChI=1S/C28H35NO8/c1-7-12-37-20-10-8-9-18(14-20)25(30)23-24(29(28(32)26(23)31)11-13-36-17(2)3)19-15-21(33-4)27(35-6)22(16-19)34-5/h8-10,14-17,24,30H,7,11-13H2,1-6H3/b25-23+. The summed E-state index contributed by atoms with van der Waals surface area (Å²) < 4.78 is 27.8. The fourth-order valence-corrected chi connectivity index (χ4v) is 4.21. The van der Waals surface area contributed by atoms with Crippen LogP contribution in [0.5, 0.6) is 23.0 Å². The summed E-state index contributed by atoms with van der Waals surface area (Å²) >= 11 is 0. The normalized spacial score (nSPS) is 16.8. The molecule has 200 valence electrons. The molecule has 0 aromatic heterocycles. The highest BCUT2D eigenvalue weighted by Gasteiger charge is 2.46. The Bertz CT molecular complexity index is 1130. The fraction of sp³-hybridized carbons (Fsp3) is 0.429. The SMILES string of the molecule is CCCOc1cccc(/C(O)=C2\C(=O)C(=O)N(CCOC(C)C)C2c2cc(OC)c(OC)c(OC)c2)c1. The minimum atomic E-state index is -0.912. The molecular formula is C28H35NO8. The summed E-state index contributed by atoms with van der Waals surface area (Å²) in [7, 11) is 4.45. The van der Waals surface area contributed by atoms with Gasteiger partial charge in [-0.1, -0.05) is 19.1 Å². The number of hydrogen-bond acceptors (Lipinski definition) is 8. The van der Waals surface area contributed by atoms with E-state index < -0.39 is 17.7 Å². The van der Waals surface area contributed by atoms with E-state index in [1.165, 1.54) is 26.2 Å². The highest BCUT2D eigenvalue weighted by Crippen LogP contribution is 2.45. The molecule has 1 heterocycles. The number of aliphatic hydroxyl groups is 1. The zero-order chi connectivity index (χ0) is 27.1. The monoisotopic (exact) mass is 513 g/mol. The number of carbonyl (C=O) groups is 2. The van der Waals surface area contributed by atoms with Gasteiger partial charge >= 0.3 is 0 Å². The van der Waals surface area contributed by atoms with Crippen LogP contribution < -0.4 is 18.9 Å². The van der Waals surface area contributed by atoms with Gasteiger partial charge in [0.1, 0.15) is 11.5 Å². The van der Waals surface area contributed by atoms with Crippen molar-refractivity contribution in [3.05, 3.63) is 53.1 Å². The second-order valence-corrected chi connectivity index (χ2v) is 8.75. The first-order chi connectivity index (χ1) is 17.8. The zero-order valence-electron chi connectivity index (χ0n) is 22.2. The molecule has 2 aromatic rings. The number of benzene rings is 2. The second kappa shape index (κ2) is 12.5. The Morgan fingerprint density at radius 3 is 2.24 bits per heavy atom. The van der Waals surface area contributed by atoms with Crippen LogP contribution in [0.15, 0.2) is 42.0 Å². The van der Waals surface area contributed by atoms with Crippen LogP contribution in [0.3, 0.4) is 0 Å². The maximum Gasteiger partial charge on any atom is 0.295 e. The van der Waals surface area contributed by atoms with Crippen LogP contribution in [0.25, 0.3) is 5.76 Å². The van der Waals surface area contributed by atoms with Crippen molar-refractivity contribution in [3.8, 4) is 23.0 Å². The molecule has 3 rings (SSSR count). The van der Waals surface area contributed by atoms with Gasteiger partial charge < -0.3 is 33.7 Å². The van der Waals surface area contributed by atoms with Crippen molar-refractivity contribution in [3.63, 3.8) is 0 Å². The minimum absolute atomic E-state index is 0.0449. The first-order valence-corrected chi connectivity index (χ1v) is 12.2. The van der Waals surface area contributed by atoms with Crippen molar-refractivity contribution in [1.82, 2.24) is 4.90 Å². The lowest BCUT2D eigenvalue weighted by molar-refractivity contribution is -0.140. The molecule has 2 aromatic carbocycles. The first kappa shape index (κ1) is 27.9. The molecule has 1 N–H and O–H groups in total. The molecular weight excluding hydrogens is 478 g/mol. The van der Waals surface area contributed by atoms with Crippen LogP contribution >= 0.6 is 0 Å². The van der Waals surface area contributed by atoms with Crippen LogP contribution in [0, 0.1) is 0 Å². The lowest BCUT2D eigenvalue weighted by atomic mass is 9.94. The van der Waals surface area contributed by atoms with Gasteiger partial charge in [-0.2, -0.15) is 0 Å². The van der Waals surface area contributed by atoms with Gasteiger partial charge in [0.25, 0.3) is 11.7 Å². The molecule has 1 aliphatic rings. The summed E-state index contributed by atoms with van der Waals surface area (Å²) in [5.41, 5.74) is 0.831. The lowest BCUT2D eigenvalue weighted by Gasteiger charge is -2.27. The quantitative estimate of drug-likeness (QED) is 0.254. The number of amides is 1. The summed E-state index contributed by atoms with van der Waals surface area (Å²) in [5, 5.41) is 11.4. The van der Waals surface area contributed by atoms with E-state index in [-0.39, 0.29) is 30.6 Å².